The van der Waals surface area contributed by atoms with Crippen LogP contribution < -0.4 is 9.47 Å². The lowest BCUT2D eigenvalue weighted by atomic mass is 9.93. The molecule has 0 N–H and O–H groups in total. The summed E-state index contributed by atoms with van der Waals surface area (Å²) in [5, 5.41) is 0. The van der Waals surface area contributed by atoms with Gasteiger partial charge in [-0.1, -0.05) is 0 Å². The van der Waals surface area contributed by atoms with Crippen LogP contribution in [0.2, 0.25) is 0 Å². The maximum Gasteiger partial charge on any atom is 0.274 e. The summed E-state index contributed by atoms with van der Waals surface area (Å²) in [5.74, 6) is 2.03. The fourth-order valence-electron chi connectivity index (χ4n) is 3.32. The minimum Gasteiger partial charge on any atom is -0.497 e. The standard InChI is InChI=1S/C21H21N5O3/c1-28-16-2-4-17(5-3-16)29-20-14-23-12-18(25-20)15-6-10-26(11-7-15)21(27)19-13-22-8-9-24-19/h2-5,8-9,12-15H,6-7,10-11H2,1H3. The van der Waals surface area contributed by atoms with Crippen molar-refractivity contribution in [1.29, 1.82) is 0 Å². The highest BCUT2D eigenvalue weighted by molar-refractivity contribution is 5.92. The van der Waals surface area contributed by atoms with Crippen LogP contribution in [0.25, 0.3) is 0 Å². The van der Waals surface area contributed by atoms with E-state index in [-0.39, 0.29) is 11.8 Å². The van der Waals surface area contributed by atoms with Gasteiger partial charge in [-0.15, -0.1) is 0 Å². The molecule has 3 aromatic rings. The fraction of sp³-hybridized carbons (Fsp3) is 0.286. The second kappa shape index (κ2) is 8.64. The van der Waals surface area contributed by atoms with Gasteiger partial charge in [0.2, 0.25) is 5.88 Å². The number of methoxy groups -OCH3 is 1. The highest BCUT2D eigenvalue weighted by atomic mass is 16.5. The van der Waals surface area contributed by atoms with E-state index in [1.807, 2.05) is 29.2 Å². The van der Waals surface area contributed by atoms with Crippen LogP contribution in [0.5, 0.6) is 17.4 Å². The Kier molecular flexibility index (Phi) is 5.60. The number of ether oxygens (including phenoxy) is 2. The number of amides is 1. The molecule has 0 atom stereocenters. The lowest BCUT2D eigenvalue weighted by Crippen LogP contribution is -2.38. The maximum absolute atomic E-state index is 12.5. The average Bonchev–Trinajstić information content (AvgIpc) is 2.80. The third kappa shape index (κ3) is 4.48. The largest absolute Gasteiger partial charge is 0.497 e. The first-order chi connectivity index (χ1) is 14.2. The summed E-state index contributed by atoms with van der Waals surface area (Å²) < 4.78 is 11.0. The van der Waals surface area contributed by atoms with Gasteiger partial charge < -0.3 is 14.4 Å². The molecule has 2 aromatic heterocycles. The van der Waals surface area contributed by atoms with Crippen molar-refractivity contribution in [3.8, 4) is 17.4 Å². The Labute approximate surface area is 168 Å². The Balaban J connectivity index is 1.38. The zero-order valence-corrected chi connectivity index (χ0v) is 16.1. The molecule has 1 aliphatic rings. The summed E-state index contributed by atoms with van der Waals surface area (Å²) >= 11 is 0. The van der Waals surface area contributed by atoms with E-state index >= 15 is 0 Å². The van der Waals surface area contributed by atoms with E-state index in [2.05, 4.69) is 19.9 Å². The molecule has 8 nitrogen and oxygen atoms in total. The Morgan fingerprint density at radius 1 is 1.00 bits per heavy atom. The van der Waals surface area contributed by atoms with Crippen molar-refractivity contribution in [2.75, 3.05) is 20.2 Å². The van der Waals surface area contributed by atoms with Gasteiger partial charge in [-0.2, -0.15) is 0 Å². The zero-order chi connectivity index (χ0) is 20.1. The molecule has 0 unspecified atom stereocenters. The second-order valence-electron chi connectivity index (χ2n) is 6.72. The quantitative estimate of drug-likeness (QED) is 0.660. The van der Waals surface area contributed by atoms with Gasteiger partial charge in [0.1, 0.15) is 17.2 Å². The third-order valence-electron chi connectivity index (χ3n) is 4.90. The monoisotopic (exact) mass is 391 g/mol. The van der Waals surface area contributed by atoms with Crippen molar-refractivity contribution in [3.05, 3.63) is 66.6 Å². The minimum absolute atomic E-state index is 0.0841. The predicted molar refractivity (Wildman–Crippen MR) is 105 cm³/mol. The SMILES string of the molecule is COc1ccc(Oc2cncc(C3CCN(C(=O)c4cnccn4)CC3)n2)cc1. The molecule has 8 heteroatoms. The summed E-state index contributed by atoms with van der Waals surface area (Å²) in [7, 11) is 1.62. The highest BCUT2D eigenvalue weighted by Gasteiger charge is 2.26. The average molecular weight is 391 g/mol. The number of hydrogen-bond acceptors (Lipinski definition) is 7. The van der Waals surface area contributed by atoms with E-state index in [1.54, 1.807) is 25.7 Å². The molecule has 0 saturated carbocycles. The number of rotatable bonds is 5. The van der Waals surface area contributed by atoms with Crippen LogP contribution in [0.3, 0.4) is 0 Å². The number of hydrogen-bond donors (Lipinski definition) is 0. The Morgan fingerprint density at radius 3 is 2.45 bits per heavy atom. The number of carbonyl (C=O) groups excluding carboxylic acids is 1. The normalized spacial score (nSPS) is 14.4. The van der Waals surface area contributed by atoms with Crippen molar-refractivity contribution < 1.29 is 14.3 Å². The summed E-state index contributed by atoms with van der Waals surface area (Å²) in [6.45, 7) is 1.29. The van der Waals surface area contributed by atoms with Crippen LogP contribution in [0.1, 0.15) is 34.9 Å². The van der Waals surface area contributed by atoms with E-state index in [1.165, 1.54) is 12.4 Å². The molecule has 0 radical (unpaired) electrons. The van der Waals surface area contributed by atoms with E-state index < -0.39 is 0 Å². The van der Waals surface area contributed by atoms with E-state index in [4.69, 9.17) is 9.47 Å². The minimum atomic E-state index is -0.0841. The van der Waals surface area contributed by atoms with Gasteiger partial charge >= 0.3 is 0 Å². The summed E-state index contributed by atoms with van der Waals surface area (Å²) in [6, 6.07) is 7.31. The van der Waals surface area contributed by atoms with Crippen molar-refractivity contribution in [2.45, 2.75) is 18.8 Å². The Morgan fingerprint density at radius 2 is 1.76 bits per heavy atom. The molecule has 1 fully saturated rings. The first-order valence-electron chi connectivity index (χ1n) is 9.42. The number of benzene rings is 1. The molecule has 3 heterocycles. The Bertz CT molecular complexity index is 958. The van der Waals surface area contributed by atoms with Crippen molar-refractivity contribution in [3.63, 3.8) is 0 Å². The smallest absolute Gasteiger partial charge is 0.274 e. The lowest BCUT2D eigenvalue weighted by Gasteiger charge is -2.31. The highest BCUT2D eigenvalue weighted by Crippen LogP contribution is 2.29. The molecule has 0 bridgehead atoms. The van der Waals surface area contributed by atoms with Crippen LogP contribution in [-0.4, -0.2) is 50.9 Å². The van der Waals surface area contributed by atoms with Gasteiger partial charge in [-0.05, 0) is 37.1 Å². The molecule has 1 saturated heterocycles. The molecule has 29 heavy (non-hydrogen) atoms. The van der Waals surface area contributed by atoms with Gasteiger partial charge in [-0.25, -0.2) is 9.97 Å². The van der Waals surface area contributed by atoms with Crippen LogP contribution in [-0.2, 0) is 0 Å². The van der Waals surface area contributed by atoms with Crippen molar-refractivity contribution in [1.82, 2.24) is 24.8 Å². The molecule has 0 aliphatic carbocycles. The van der Waals surface area contributed by atoms with Gasteiger partial charge in [-0.3, -0.25) is 14.8 Å². The zero-order valence-electron chi connectivity index (χ0n) is 16.1. The first-order valence-corrected chi connectivity index (χ1v) is 9.42. The van der Waals surface area contributed by atoms with Crippen LogP contribution in [0.4, 0.5) is 0 Å². The number of piperidine rings is 1. The summed E-state index contributed by atoms with van der Waals surface area (Å²) in [4.78, 5) is 31.3. The molecule has 1 aromatic carbocycles. The summed E-state index contributed by atoms with van der Waals surface area (Å²) in [6.07, 6.45) is 9.58. The Hall–Kier alpha value is -3.55. The van der Waals surface area contributed by atoms with Crippen molar-refractivity contribution >= 4 is 5.91 Å². The van der Waals surface area contributed by atoms with Gasteiger partial charge in [0.25, 0.3) is 5.91 Å². The van der Waals surface area contributed by atoms with Gasteiger partial charge in [0.15, 0.2) is 0 Å². The number of nitrogens with zero attached hydrogens (tertiary/aromatic N) is 5. The predicted octanol–water partition coefficient (Wildman–Crippen LogP) is 3.09. The van der Waals surface area contributed by atoms with Crippen LogP contribution in [0.15, 0.2) is 55.2 Å². The lowest BCUT2D eigenvalue weighted by molar-refractivity contribution is 0.0705. The van der Waals surface area contributed by atoms with E-state index in [9.17, 15) is 4.79 Å². The molecular weight excluding hydrogens is 370 g/mol. The fourth-order valence-corrected chi connectivity index (χ4v) is 3.32. The van der Waals surface area contributed by atoms with Gasteiger partial charge in [0.05, 0.1) is 25.2 Å². The van der Waals surface area contributed by atoms with E-state index in [0.29, 0.717) is 30.4 Å². The summed E-state index contributed by atoms with van der Waals surface area (Å²) in [5.41, 5.74) is 1.25. The second-order valence-corrected chi connectivity index (χ2v) is 6.72. The molecule has 148 valence electrons. The molecular formula is C21H21N5O3. The molecule has 0 spiro atoms. The molecule has 1 amide bonds. The molecule has 4 rings (SSSR count). The van der Waals surface area contributed by atoms with Crippen molar-refractivity contribution in [2.24, 2.45) is 0 Å². The van der Waals surface area contributed by atoms with E-state index in [0.717, 1.165) is 24.3 Å². The number of likely N-dealkylation sites (tertiary alicyclic amines) is 1. The third-order valence-corrected chi connectivity index (χ3v) is 4.90. The number of carbonyl (C=O) groups is 1. The molecule has 1 aliphatic heterocycles. The number of aromatic nitrogens is 4. The maximum atomic E-state index is 12.5. The van der Waals surface area contributed by atoms with Gasteiger partial charge in [0, 0.05) is 37.6 Å². The van der Waals surface area contributed by atoms with Crippen LogP contribution in [0, 0.1) is 0 Å². The van der Waals surface area contributed by atoms with Crippen LogP contribution >= 0.6 is 0 Å². The topological polar surface area (TPSA) is 90.3 Å². The first kappa shape index (κ1) is 18.8.